The molecule has 3 heterocycles. The van der Waals surface area contributed by atoms with Gasteiger partial charge in [-0.1, -0.05) is 0 Å². The van der Waals surface area contributed by atoms with Gasteiger partial charge in [0.15, 0.2) is 17.7 Å². The number of hydrogen-bond acceptors (Lipinski definition) is 4. The minimum atomic E-state index is -0.496. The summed E-state index contributed by atoms with van der Waals surface area (Å²) in [6, 6.07) is 0.0498. The summed E-state index contributed by atoms with van der Waals surface area (Å²) in [7, 11) is 0. The lowest BCUT2D eigenvalue weighted by atomic mass is 10.1. The van der Waals surface area contributed by atoms with Crippen molar-refractivity contribution in [2.75, 3.05) is 6.61 Å². The number of carbonyl (C=O) groups excluding carboxylic acids is 1. The van der Waals surface area contributed by atoms with Gasteiger partial charge in [-0.2, -0.15) is 0 Å². The monoisotopic (exact) mass is 376 g/mol. The van der Waals surface area contributed by atoms with Crippen molar-refractivity contribution < 1.29 is 14.6 Å². The molecule has 19 heavy (non-hydrogen) atoms. The van der Waals surface area contributed by atoms with Crippen LogP contribution in [-0.4, -0.2) is 39.4 Å². The molecular formula is C12H13IN2O4. The lowest BCUT2D eigenvalue weighted by molar-refractivity contribution is -0.112. The molecule has 1 saturated heterocycles. The van der Waals surface area contributed by atoms with E-state index in [-0.39, 0.29) is 23.9 Å². The molecule has 7 heteroatoms. The van der Waals surface area contributed by atoms with E-state index in [1.165, 1.54) is 0 Å². The van der Waals surface area contributed by atoms with E-state index in [1.54, 1.807) is 15.7 Å². The lowest BCUT2D eigenvalue weighted by Crippen LogP contribution is -2.56. The molecule has 0 aliphatic carbocycles. The Kier molecular flexibility index (Phi) is 3.05. The molecule has 102 valence electrons. The first-order chi connectivity index (χ1) is 9.00. The van der Waals surface area contributed by atoms with Crippen LogP contribution in [-0.2, 0) is 11.3 Å². The molecule has 2 aliphatic rings. The van der Waals surface area contributed by atoms with Crippen molar-refractivity contribution in [2.24, 2.45) is 0 Å². The van der Waals surface area contributed by atoms with Gasteiger partial charge in [0, 0.05) is 12.2 Å². The van der Waals surface area contributed by atoms with Crippen molar-refractivity contribution >= 4 is 28.5 Å². The Hall–Kier alpha value is -1.09. The third-order valence-corrected chi connectivity index (χ3v) is 4.40. The van der Waals surface area contributed by atoms with Gasteiger partial charge in [0.2, 0.25) is 5.43 Å². The molecule has 0 spiro atoms. The number of ether oxygens (including phenoxy) is 1. The second-order valence-electron chi connectivity index (χ2n) is 4.83. The molecule has 1 N–H and O–H groups in total. The van der Waals surface area contributed by atoms with Crippen LogP contribution in [0, 0.1) is 3.57 Å². The number of nitrogens with zero attached hydrogens (tertiary/aromatic N) is 2. The van der Waals surface area contributed by atoms with Crippen molar-refractivity contribution in [1.82, 2.24) is 9.47 Å². The number of pyridine rings is 1. The molecule has 1 fully saturated rings. The van der Waals surface area contributed by atoms with Gasteiger partial charge in [0.25, 0.3) is 5.91 Å². The molecule has 3 rings (SSSR count). The van der Waals surface area contributed by atoms with Crippen LogP contribution in [0.2, 0.25) is 0 Å². The smallest absolute Gasteiger partial charge is 0.276 e. The minimum absolute atomic E-state index is 0.0498. The summed E-state index contributed by atoms with van der Waals surface area (Å²) in [6.45, 7) is 3.01. The van der Waals surface area contributed by atoms with Crippen LogP contribution >= 0.6 is 22.6 Å². The second kappa shape index (κ2) is 4.48. The molecule has 0 bridgehead atoms. The highest BCUT2D eigenvalue weighted by molar-refractivity contribution is 14.1. The fourth-order valence-corrected chi connectivity index (χ4v) is 3.22. The van der Waals surface area contributed by atoms with E-state index in [2.05, 4.69) is 0 Å². The molecule has 0 aromatic carbocycles. The summed E-state index contributed by atoms with van der Waals surface area (Å²) >= 11 is 1.86. The maximum atomic E-state index is 12.5. The summed E-state index contributed by atoms with van der Waals surface area (Å²) in [6.07, 6.45) is 2.04. The van der Waals surface area contributed by atoms with E-state index in [0.29, 0.717) is 16.7 Å². The van der Waals surface area contributed by atoms with Crippen LogP contribution in [0.25, 0.3) is 0 Å². The first kappa shape index (κ1) is 12.9. The number of halogens is 1. The maximum Gasteiger partial charge on any atom is 0.276 e. The topological polar surface area (TPSA) is 71.8 Å². The molecule has 1 aromatic rings. The zero-order valence-electron chi connectivity index (χ0n) is 10.3. The molecule has 0 radical (unpaired) electrons. The summed E-state index contributed by atoms with van der Waals surface area (Å²) < 4.78 is 7.62. The highest BCUT2D eigenvalue weighted by Gasteiger charge is 2.40. The first-order valence-electron chi connectivity index (χ1n) is 6.07. The predicted molar refractivity (Wildman–Crippen MR) is 75.1 cm³/mol. The van der Waals surface area contributed by atoms with E-state index in [0.717, 1.165) is 6.42 Å². The summed E-state index contributed by atoms with van der Waals surface area (Å²) in [5, 5.41) is 9.94. The Morgan fingerprint density at radius 1 is 1.47 bits per heavy atom. The molecule has 1 aromatic heterocycles. The number of rotatable bonds is 0. The Labute approximate surface area is 123 Å². The maximum absolute atomic E-state index is 12.5. The van der Waals surface area contributed by atoms with Gasteiger partial charge in [-0.25, -0.2) is 0 Å². The fourth-order valence-electron chi connectivity index (χ4n) is 2.62. The average molecular weight is 376 g/mol. The fraction of sp³-hybridized carbons (Fsp3) is 0.500. The van der Waals surface area contributed by atoms with Gasteiger partial charge in [-0.15, -0.1) is 0 Å². The summed E-state index contributed by atoms with van der Waals surface area (Å²) in [4.78, 5) is 25.8. The summed E-state index contributed by atoms with van der Waals surface area (Å²) in [5.41, 5.74) is -0.428. The Balaban J connectivity index is 2.16. The SMILES string of the molecule is C[C@@H]1CCO[C@H]2Cn3cc(I)c(=O)c(O)c3C(=O)N12. The van der Waals surface area contributed by atoms with E-state index >= 15 is 0 Å². The normalized spacial score (nSPS) is 26.0. The number of hydrogen-bond donors (Lipinski definition) is 1. The second-order valence-corrected chi connectivity index (χ2v) is 5.99. The number of fused-ring (bicyclic) bond motifs is 2. The molecule has 2 atom stereocenters. The molecule has 0 unspecified atom stereocenters. The quantitative estimate of drug-likeness (QED) is 0.679. The van der Waals surface area contributed by atoms with E-state index in [1.807, 2.05) is 29.5 Å². The van der Waals surface area contributed by atoms with Crippen molar-refractivity contribution in [1.29, 1.82) is 0 Å². The van der Waals surface area contributed by atoms with Crippen LogP contribution in [0.3, 0.4) is 0 Å². The van der Waals surface area contributed by atoms with Crippen LogP contribution in [0.1, 0.15) is 23.8 Å². The highest BCUT2D eigenvalue weighted by atomic mass is 127. The van der Waals surface area contributed by atoms with E-state index in [4.69, 9.17) is 4.74 Å². The van der Waals surface area contributed by atoms with Crippen LogP contribution in [0.5, 0.6) is 5.75 Å². The lowest BCUT2D eigenvalue weighted by Gasteiger charge is -2.44. The van der Waals surface area contributed by atoms with Crippen LogP contribution in [0.4, 0.5) is 0 Å². The highest BCUT2D eigenvalue weighted by Crippen LogP contribution is 2.29. The van der Waals surface area contributed by atoms with Crippen LogP contribution < -0.4 is 5.43 Å². The minimum Gasteiger partial charge on any atom is -0.503 e. The van der Waals surface area contributed by atoms with Gasteiger partial charge >= 0.3 is 0 Å². The van der Waals surface area contributed by atoms with Gasteiger partial charge in [0.1, 0.15) is 0 Å². The Morgan fingerprint density at radius 3 is 2.95 bits per heavy atom. The average Bonchev–Trinajstić information content (AvgIpc) is 2.35. The van der Waals surface area contributed by atoms with Crippen molar-refractivity contribution in [3.63, 3.8) is 0 Å². The Bertz CT molecular complexity index is 612. The number of aromatic hydroxyl groups is 1. The Morgan fingerprint density at radius 2 is 2.21 bits per heavy atom. The van der Waals surface area contributed by atoms with Crippen LogP contribution in [0.15, 0.2) is 11.0 Å². The van der Waals surface area contributed by atoms with Gasteiger partial charge in [-0.05, 0) is 35.9 Å². The van der Waals surface area contributed by atoms with Crippen molar-refractivity contribution in [3.05, 3.63) is 25.7 Å². The number of carbonyl (C=O) groups is 1. The molecular weight excluding hydrogens is 363 g/mol. The third-order valence-electron chi connectivity index (χ3n) is 3.63. The van der Waals surface area contributed by atoms with Gasteiger partial charge in [-0.3, -0.25) is 9.59 Å². The number of amides is 1. The molecule has 0 saturated carbocycles. The van der Waals surface area contributed by atoms with Crippen molar-refractivity contribution in [2.45, 2.75) is 32.2 Å². The molecule has 2 aliphatic heterocycles. The van der Waals surface area contributed by atoms with Gasteiger partial charge < -0.3 is 19.3 Å². The predicted octanol–water partition coefficient (Wildman–Crippen LogP) is 0.749. The third kappa shape index (κ3) is 1.86. The standard InChI is InChI=1S/C12H13IN2O4/c1-6-2-3-19-8-5-14-4-7(13)10(16)11(17)9(14)12(18)15(6)8/h4,6,8,17H,2-3,5H2,1H3/t6-,8+/m1/s1. The van der Waals surface area contributed by atoms with E-state index < -0.39 is 11.2 Å². The van der Waals surface area contributed by atoms with E-state index in [9.17, 15) is 14.7 Å². The van der Waals surface area contributed by atoms with Crippen molar-refractivity contribution in [3.8, 4) is 5.75 Å². The van der Waals surface area contributed by atoms with Gasteiger partial charge in [0.05, 0.1) is 16.7 Å². The molecule has 6 nitrogen and oxygen atoms in total. The molecule has 1 amide bonds. The number of aromatic nitrogens is 1. The zero-order chi connectivity index (χ0) is 13.7. The zero-order valence-corrected chi connectivity index (χ0v) is 12.5. The summed E-state index contributed by atoms with van der Waals surface area (Å²) in [5.74, 6) is -0.803. The first-order valence-corrected chi connectivity index (χ1v) is 7.14. The largest absolute Gasteiger partial charge is 0.503 e.